The van der Waals surface area contributed by atoms with Crippen LogP contribution in [0.5, 0.6) is 0 Å². The zero-order chi connectivity index (χ0) is 15.6. The Kier molecular flexibility index (Phi) is 4.05. The zero-order valence-electron chi connectivity index (χ0n) is 12.8. The number of benzene rings is 1. The van der Waals surface area contributed by atoms with E-state index >= 15 is 0 Å². The molecule has 0 atom stereocenters. The van der Waals surface area contributed by atoms with E-state index in [1.807, 2.05) is 22.3 Å². The van der Waals surface area contributed by atoms with Gasteiger partial charge in [0, 0.05) is 23.5 Å². The molecular weight excluding hydrogens is 326 g/mol. The van der Waals surface area contributed by atoms with Crippen LogP contribution >= 0.6 is 23.1 Å². The van der Waals surface area contributed by atoms with Gasteiger partial charge in [0.1, 0.15) is 5.01 Å². The van der Waals surface area contributed by atoms with Crippen LogP contribution in [0.3, 0.4) is 0 Å². The minimum atomic E-state index is 0.819. The van der Waals surface area contributed by atoms with Gasteiger partial charge in [0.15, 0.2) is 5.82 Å². The molecule has 4 aromatic rings. The van der Waals surface area contributed by atoms with Crippen LogP contribution in [0.15, 0.2) is 30.5 Å². The fraction of sp³-hybridized carbons (Fsp3) is 0.312. The first-order chi connectivity index (χ1) is 11.3. The predicted octanol–water partition coefficient (Wildman–Crippen LogP) is 3.90. The molecule has 23 heavy (non-hydrogen) atoms. The van der Waals surface area contributed by atoms with Gasteiger partial charge in [0.2, 0.25) is 4.96 Å². The van der Waals surface area contributed by atoms with E-state index in [-0.39, 0.29) is 0 Å². The van der Waals surface area contributed by atoms with Crippen molar-refractivity contribution in [2.75, 3.05) is 5.75 Å². The summed E-state index contributed by atoms with van der Waals surface area (Å²) in [6.45, 7) is 2.19. The summed E-state index contributed by atoms with van der Waals surface area (Å²) < 4.78 is 1.90. The molecule has 0 radical (unpaired) electrons. The summed E-state index contributed by atoms with van der Waals surface area (Å²) in [5.41, 5.74) is 2.44. The first kappa shape index (κ1) is 14.7. The number of H-pyrrole nitrogens is 1. The minimum absolute atomic E-state index is 0.819. The number of para-hydroxylation sites is 1. The van der Waals surface area contributed by atoms with Crippen molar-refractivity contribution in [1.82, 2.24) is 24.8 Å². The molecule has 0 aliphatic rings. The average molecular weight is 343 g/mol. The highest BCUT2D eigenvalue weighted by Gasteiger charge is 2.13. The van der Waals surface area contributed by atoms with E-state index in [2.05, 4.69) is 46.5 Å². The largest absolute Gasteiger partial charge is 0.361 e. The summed E-state index contributed by atoms with van der Waals surface area (Å²) in [6.07, 6.45) is 4.07. The van der Waals surface area contributed by atoms with Gasteiger partial charge >= 0.3 is 0 Å². The second-order valence-corrected chi connectivity index (χ2v) is 7.54. The number of hydrogen-bond acceptors (Lipinski definition) is 5. The average Bonchev–Trinajstić information content (AvgIpc) is 3.24. The molecule has 5 nitrogen and oxygen atoms in total. The number of aromatic amines is 1. The van der Waals surface area contributed by atoms with Gasteiger partial charge in [-0.15, -0.1) is 10.2 Å². The molecule has 3 aromatic heterocycles. The lowest BCUT2D eigenvalue weighted by Gasteiger charge is -1.96. The maximum atomic E-state index is 4.72. The Hall–Kier alpha value is -1.86. The molecule has 118 valence electrons. The molecule has 4 rings (SSSR count). The van der Waals surface area contributed by atoms with Crippen molar-refractivity contribution in [2.45, 2.75) is 25.5 Å². The summed E-state index contributed by atoms with van der Waals surface area (Å²) >= 11 is 3.50. The van der Waals surface area contributed by atoms with Gasteiger partial charge in [-0.1, -0.05) is 36.5 Å². The Morgan fingerprint density at radius 1 is 1.26 bits per heavy atom. The highest BCUT2D eigenvalue weighted by molar-refractivity contribution is 7.98. The second-order valence-electron chi connectivity index (χ2n) is 5.40. The molecule has 1 aromatic carbocycles. The molecule has 7 heteroatoms. The number of rotatable bonds is 6. The Morgan fingerprint density at radius 2 is 2.17 bits per heavy atom. The molecule has 3 heterocycles. The Labute approximate surface area is 142 Å². The fourth-order valence-corrected chi connectivity index (χ4v) is 4.28. The summed E-state index contributed by atoms with van der Waals surface area (Å²) in [6, 6.07) is 8.36. The highest BCUT2D eigenvalue weighted by Crippen LogP contribution is 2.24. The maximum absolute atomic E-state index is 4.72. The lowest BCUT2D eigenvalue weighted by molar-refractivity contribution is 0.856. The molecule has 0 aliphatic heterocycles. The fourth-order valence-electron chi connectivity index (χ4n) is 2.61. The van der Waals surface area contributed by atoms with Crippen molar-refractivity contribution in [3.8, 4) is 0 Å². The van der Waals surface area contributed by atoms with E-state index in [0.717, 1.165) is 33.7 Å². The van der Waals surface area contributed by atoms with Crippen LogP contribution in [0.1, 0.15) is 29.7 Å². The van der Waals surface area contributed by atoms with Gasteiger partial charge < -0.3 is 4.98 Å². The molecule has 0 amide bonds. The van der Waals surface area contributed by atoms with Gasteiger partial charge in [-0.25, -0.2) is 0 Å². The third kappa shape index (κ3) is 2.86. The Bertz CT molecular complexity index is 936. The van der Waals surface area contributed by atoms with Crippen molar-refractivity contribution in [3.05, 3.63) is 46.9 Å². The van der Waals surface area contributed by atoms with Crippen LogP contribution in [-0.2, 0) is 12.2 Å². The third-order valence-corrected chi connectivity index (χ3v) is 5.75. The number of nitrogens with zero attached hydrogens (tertiary/aromatic N) is 4. The van der Waals surface area contributed by atoms with Crippen molar-refractivity contribution in [3.63, 3.8) is 0 Å². The standard InChI is InChI=1S/C16H17N5S2/c1-2-7-22-10-14-18-19-16-21(14)20-15(23-16)8-11-9-17-13-6-4-3-5-12(11)13/h3-6,9,17H,2,7-8,10H2,1H3. The SMILES string of the molecule is CCCSCc1nnc2sc(Cc3c[nH]c4ccccc34)nn12. The first-order valence-corrected chi connectivity index (χ1v) is 9.65. The number of fused-ring (bicyclic) bond motifs is 2. The lowest BCUT2D eigenvalue weighted by Crippen LogP contribution is -1.96. The molecule has 1 N–H and O–H groups in total. The van der Waals surface area contributed by atoms with Crippen LogP contribution in [-0.4, -0.2) is 30.5 Å². The lowest BCUT2D eigenvalue weighted by atomic mass is 10.1. The van der Waals surface area contributed by atoms with Crippen LogP contribution < -0.4 is 0 Å². The van der Waals surface area contributed by atoms with E-state index in [1.165, 1.54) is 22.9 Å². The van der Waals surface area contributed by atoms with Crippen LogP contribution in [0, 0.1) is 0 Å². The number of aromatic nitrogens is 5. The van der Waals surface area contributed by atoms with Gasteiger partial charge in [0.05, 0.1) is 5.75 Å². The van der Waals surface area contributed by atoms with E-state index in [9.17, 15) is 0 Å². The quantitative estimate of drug-likeness (QED) is 0.539. The second kappa shape index (κ2) is 6.33. The van der Waals surface area contributed by atoms with Crippen molar-refractivity contribution in [2.24, 2.45) is 0 Å². The van der Waals surface area contributed by atoms with Crippen LogP contribution in [0.25, 0.3) is 15.9 Å². The normalized spacial score (nSPS) is 11.7. The Balaban J connectivity index is 1.59. The van der Waals surface area contributed by atoms with Crippen LogP contribution in [0.4, 0.5) is 0 Å². The molecule has 0 aliphatic carbocycles. The van der Waals surface area contributed by atoms with Crippen molar-refractivity contribution in [1.29, 1.82) is 0 Å². The van der Waals surface area contributed by atoms with E-state index in [4.69, 9.17) is 5.10 Å². The van der Waals surface area contributed by atoms with Gasteiger partial charge in [-0.2, -0.15) is 21.4 Å². The van der Waals surface area contributed by atoms with Crippen molar-refractivity contribution < 1.29 is 0 Å². The smallest absolute Gasteiger partial charge is 0.234 e. The number of hydrogen-bond donors (Lipinski definition) is 1. The van der Waals surface area contributed by atoms with E-state index in [0.29, 0.717) is 0 Å². The summed E-state index contributed by atoms with van der Waals surface area (Å²) in [4.78, 5) is 4.20. The highest BCUT2D eigenvalue weighted by atomic mass is 32.2. The monoisotopic (exact) mass is 343 g/mol. The number of thioether (sulfide) groups is 1. The zero-order valence-corrected chi connectivity index (χ0v) is 14.5. The van der Waals surface area contributed by atoms with Crippen molar-refractivity contribution >= 4 is 39.0 Å². The molecule has 0 unspecified atom stereocenters. The summed E-state index contributed by atoms with van der Waals surface area (Å²) in [5.74, 6) is 2.95. The molecule has 0 fully saturated rings. The third-order valence-electron chi connectivity index (χ3n) is 3.69. The van der Waals surface area contributed by atoms with E-state index in [1.54, 1.807) is 11.3 Å². The van der Waals surface area contributed by atoms with Gasteiger partial charge in [-0.3, -0.25) is 0 Å². The molecular formula is C16H17N5S2. The first-order valence-electron chi connectivity index (χ1n) is 7.68. The minimum Gasteiger partial charge on any atom is -0.361 e. The molecule has 0 saturated heterocycles. The van der Waals surface area contributed by atoms with Gasteiger partial charge in [-0.05, 0) is 23.8 Å². The predicted molar refractivity (Wildman–Crippen MR) is 96.2 cm³/mol. The topological polar surface area (TPSA) is 58.9 Å². The summed E-state index contributed by atoms with van der Waals surface area (Å²) in [5, 5.41) is 15.6. The van der Waals surface area contributed by atoms with Crippen LogP contribution in [0.2, 0.25) is 0 Å². The van der Waals surface area contributed by atoms with E-state index < -0.39 is 0 Å². The summed E-state index contributed by atoms with van der Waals surface area (Å²) in [7, 11) is 0. The van der Waals surface area contributed by atoms with Gasteiger partial charge in [0.25, 0.3) is 0 Å². The maximum Gasteiger partial charge on any atom is 0.234 e. The number of nitrogens with one attached hydrogen (secondary N) is 1. The Morgan fingerprint density at radius 3 is 3.09 bits per heavy atom. The molecule has 0 spiro atoms. The molecule has 0 bridgehead atoms. The molecule has 0 saturated carbocycles.